The molecule has 0 saturated heterocycles. The van der Waals surface area contributed by atoms with Crippen LogP contribution < -0.4 is 4.90 Å². The van der Waals surface area contributed by atoms with Crippen LogP contribution in [0.15, 0.2) is 79.1 Å². The summed E-state index contributed by atoms with van der Waals surface area (Å²) >= 11 is 0. The Kier molecular flexibility index (Phi) is 3.24. The lowest BCUT2D eigenvalue weighted by Gasteiger charge is -2.38. The molecule has 3 nitrogen and oxygen atoms in total. The minimum Gasteiger partial charge on any atom is -0.292 e. The van der Waals surface area contributed by atoms with Crippen molar-refractivity contribution in [2.45, 2.75) is 25.7 Å². The Hall–Kier alpha value is -4.24. The van der Waals surface area contributed by atoms with Gasteiger partial charge in [0, 0.05) is 25.2 Å². The van der Waals surface area contributed by atoms with Crippen molar-refractivity contribution in [3.05, 3.63) is 124 Å². The Bertz CT molecular complexity index is 1760. The molecule has 35 heavy (non-hydrogen) atoms. The van der Waals surface area contributed by atoms with Gasteiger partial charge in [-0.15, -0.1) is 0 Å². The van der Waals surface area contributed by atoms with Gasteiger partial charge in [-0.25, -0.2) is 4.98 Å². The fourth-order valence-corrected chi connectivity index (χ4v) is 6.85. The maximum atomic E-state index is 4.85. The molecule has 0 saturated carbocycles. The van der Waals surface area contributed by atoms with E-state index in [1.807, 2.05) is 18.5 Å². The highest BCUT2D eigenvalue weighted by molar-refractivity contribution is 5.92. The van der Waals surface area contributed by atoms with E-state index in [1.54, 1.807) is 0 Å². The van der Waals surface area contributed by atoms with Crippen molar-refractivity contribution in [3.63, 3.8) is 0 Å². The summed E-state index contributed by atoms with van der Waals surface area (Å²) in [6.45, 7) is 0. The van der Waals surface area contributed by atoms with Crippen molar-refractivity contribution in [2.24, 2.45) is 0 Å². The van der Waals surface area contributed by atoms with E-state index in [0.29, 0.717) is 0 Å². The van der Waals surface area contributed by atoms with Crippen LogP contribution in [0.4, 0.5) is 17.2 Å². The molecule has 2 aliphatic carbocycles. The fourth-order valence-electron chi connectivity index (χ4n) is 6.85. The van der Waals surface area contributed by atoms with Crippen LogP contribution >= 0.6 is 0 Å². The summed E-state index contributed by atoms with van der Waals surface area (Å²) in [6, 6.07) is 25.1. The van der Waals surface area contributed by atoms with E-state index in [-0.39, 0.29) is 0 Å². The Morgan fingerprint density at radius 3 is 2.20 bits per heavy atom. The van der Waals surface area contributed by atoms with Gasteiger partial charge < -0.3 is 0 Å². The lowest BCUT2D eigenvalue weighted by molar-refractivity contribution is 0.940. The van der Waals surface area contributed by atoms with E-state index in [1.165, 1.54) is 72.6 Å². The van der Waals surface area contributed by atoms with Crippen molar-refractivity contribution in [1.29, 1.82) is 0 Å². The summed E-state index contributed by atoms with van der Waals surface area (Å²) in [5.41, 5.74) is 19.0. The van der Waals surface area contributed by atoms with Crippen LogP contribution in [0.2, 0.25) is 0 Å². The molecule has 4 heterocycles. The second kappa shape index (κ2) is 6.25. The molecule has 0 spiro atoms. The molecule has 3 heteroatoms. The van der Waals surface area contributed by atoms with Gasteiger partial charge in [-0.2, -0.15) is 0 Å². The maximum absolute atomic E-state index is 4.85. The van der Waals surface area contributed by atoms with Gasteiger partial charge in [-0.1, -0.05) is 42.5 Å². The third kappa shape index (κ3) is 2.30. The zero-order valence-electron chi connectivity index (χ0n) is 19.2. The van der Waals surface area contributed by atoms with E-state index in [0.717, 1.165) is 37.2 Å². The molecule has 3 aromatic carbocycles. The van der Waals surface area contributed by atoms with Crippen LogP contribution in [0.3, 0.4) is 0 Å². The molecule has 0 amide bonds. The topological polar surface area (TPSA) is 29.0 Å². The minimum absolute atomic E-state index is 0.880. The lowest BCUT2D eigenvalue weighted by atomic mass is 9.89. The van der Waals surface area contributed by atoms with Gasteiger partial charge in [0.2, 0.25) is 0 Å². The molecule has 0 N–H and O–H groups in total. The molecule has 0 fully saturated rings. The van der Waals surface area contributed by atoms with E-state index in [4.69, 9.17) is 9.97 Å². The number of pyridine rings is 2. The van der Waals surface area contributed by atoms with Crippen LogP contribution in [0, 0.1) is 0 Å². The summed E-state index contributed by atoms with van der Waals surface area (Å²) < 4.78 is 0. The Labute approximate surface area is 203 Å². The van der Waals surface area contributed by atoms with Crippen molar-refractivity contribution in [3.8, 4) is 22.3 Å². The first-order chi connectivity index (χ1) is 17.3. The molecule has 0 atom stereocenters. The highest BCUT2D eigenvalue weighted by atomic mass is 15.2. The largest absolute Gasteiger partial charge is 0.292 e. The van der Waals surface area contributed by atoms with Gasteiger partial charge >= 0.3 is 0 Å². The predicted molar refractivity (Wildman–Crippen MR) is 139 cm³/mol. The molecule has 4 aliphatic rings. The van der Waals surface area contributed by atoms with Gasteiger partial charge in [0.15, 0.2) is 0 Å². The van der Waals surface area contributed by atoms with E-state index >= 15 is 0 Å². The summed E-state index contributed by atoms with van der Waals surface area (Å²) in [6.07, 6.45) is 7.74. The summed E-state index contributed by atoms with van der Waals surface area (Å²) in [4.78, 5) is 12.0. The lowest BCUT2D eigenvalue weighted by Crippen LogP contribution is -2.26. The standard InChI is InChI=1S/C32H21N3/c1-2-6-25-18(4-1)10-21-12-22-13-23-14-24-15-29-31-19(7-9-33-29)11-20-5-3-8-34-32(20)35(31)30(24)17-28(23)27(22)16-26(21)25/h1-9,12,14,16-17H,10-11,13,15H2. The number of fused-ring (bicyclic) bond motifs is 10. The molecule has 0 bridgehead atoms. The molecule has 2 aliphatic heterocycles. The molecule has 0 radical (unpaired) electrons. The van der Waals surface area contributed by atoms with Gasteiger partial charge in [0.05, 0.1) is 17.1 Å². The summed E-state index contributed by atoms with van der Waals surface area (Å²) in [5.74, 6) is 1.05. The quantitative estimate of drug-likeness (QED) is 0.253. The van der Waals surface area contributed by atoms with Gasteiger partial charge in [-0.05, 0) is 98.3 Å². The molecule has 9 rings (SSSR count). The zero-order valence-corrected chi connectivity index (χ0v) is 19.2. The third-order valence-corrected chi connectivity index (χ3v) is 8.36. The molecule has 5 aromatic rings. The van der Waals surface area contributed by atoms with Crippen LogP contribution in [0.25, 0.3) is 22.3 Å². The second-order valence-electron chi connectivity index (χ2n) is 10.3. The van der Waals surface area contributed by atoms with E-state index in [2.05, 4.69) is 65.6 Å². The number of anilines is 3. The first-order valence-electron chi connectivity index (χ1n) is 12.4. The number of hydrogen-bond acceptors (Lipinski definition) is 3. The van der Waals surface area contributed by atoms with Crippen molar-refractivity contribution in [2.75, 3.05) is 4.90 Å². The van der Waals surface area contributed by atoms with E-state index in [9.17, 15) is 0 Å². The monoisotopic (exact) mass is 447 g/mol. The van der Waals surface area contributed by atoms with Gasteiger partial charge in [0.1, 0.15) is 5.82 Å². The average molecular weight is 448 g/mol. The van der Waals surface area contributed by atoms with Crippen LogP contribution in [-0.4, -0.2) is 9.97 Å². The smallest absolute Gasteiger partial charge is 0.141 e. The highest BCUT2D eigenvalue weighted by Crippen LogP contribution is 2.52. The van der Waals surface area contributed by atoms with Crippen molar-refractivity contribution in [1.82, 2.24) is 9.97 Å². The van der Waals surface area contributed by atoms with Crippen LogP contribution in [0.1, 0.15) is 44.6 Å². The number of rotatable bonds is 0. The van der Waals surface area contributed by atoms with E-state index < -0.39 is 0 Å². The van der Waals surface area contributed by atoms with Crippen LogP contribution in [0.5, 0.6) is 0 Å². The van der Waals surface area contributed by atoms with Gasteiger partial charge in [-0.3, -0.25) is 9.88 Å². The third-order valence-electron chi connectivity index (χ3n) is 8.36. The number of nitrogens with zero attached hydrogens (tertiary/aromatic N) is 3. The predicted octanol–water partition coefficient (Wildman–Crippen LogP) is 6.90. The molecular formula is C32H21N3. The summed E-state index contributed by atoms with van der Waals surface area (Å²) in [5, 5.41) is 0. The molecular weight excluding hydrogens is 426 g/mol. The first-order valence-corrected chi connectivity index (χ1v) is 12.4. The van der Waals surface area contributed by atoms with Crippen molar-refractivity contribution >= 4 is 17.2 Å². The minimum atomic E-state index is 0.880. The summed E-state index contributed by atoms with van der Waals surface area (Å²) in [7, 11) is 0. The van der Waals surface area contributed by atoms with Crippen LogP contribution in [-0.2, 0) is 25.7 Å². The Morgan fingerprint density at radius 1 is 0.514 bits per heavy atom. The normalized spacial score (nSPS) is 14.9. The molecule has 0 unspecified atom stereocenters. The van der Waals surface area contributed by atoms with Gasteiger partial charge in [0.25, 0.3) is 0 Å². The molecule has 164 valence electrons. The number of aromatic nitrogens is 2. The Balaban J connectivity index is 1.27. The Morgan fingerprint density at radius 2 is 1.26 bits per heavy atom. The van der Waals surface area contributed by atoms with Crippen molar-refractivity contribution < 1.29 is 0 Å². The fraction of sp³-hybridized carbons (Fsp3) is 0.125. The zero-order chi connectivity index (χ0) is 22.7. The molecule has 2 aromatic heterocycles. The first kappa shape index (κ1) is 18.1. The maximum Gasteiger partial charge on any atom is 0.141 e. The second-order valence-corrected chi connectivity index (χ2v) is 10.3. The average Bonchev–Trinajstić information content (AvgIpc) is 3.42. The highest BCUT2D eigenvalue weighted by Gasteiger charge is 2.35. The number of benzene rings is 3. The SMILES string of the molecule is c1ccc2c(c1)Cc1cc3c(cc1-2)-c1cc2c(cc1C3)Cc1nccc3c1N2c1ncccc1C3. The number of hydrogen-bond donors (Lipinski definition) is 0.